The fourth-order valence-corrected chi connectivity index (χ4v) is 0.641. The van der Waals surface area contributed by atoms with Crippen LogP contribution in [0.1, 0.15) is 27.2 Å². The Labute approximate surface area is 63.7 Å². The minimum Gasteiger partial charge on any atom is -0.312 e. The van der Waals surface area contributed by atoms with Crippen LogP contribution in [0.3, 0.4) is 0 Å². The molecule has 0 aliphatic rings. The van der Waals surface area contributed by atoms with Gasteiger partial charge in [0.2, 0.25) is 0 Å². The first-order valence-electron chi connectivity index (χ1n) is 3.72. The lowest BCUT2D eigenvalue weighted by molar-refractivity contribution is 0.434. The topological polar surface area (TPSA) is 24.4 Å². The van der Waals surface area contributed by atoms with Crippen molar-refractivity contribution >= 4 is 6.21 Å². The number of nitrogens with one attached hydrogen (secondary N) is 1. The zero-order chi connectivity index (χ0) is 8.04. The van der Waals surface area contributed by atoms with E-state index in [-0.39, 0.29) is 5.54 Å². The van der Waals surface area contributed by atoms with Crippen LogP contribution in [0.5, 0.6) is 0 Å². The maximum atomic E-state index is 3.89. The summed E-state index contributed by atoms with van der Waals surface area (Å²) in [6.07, 6.45) is 2.95. The minimum atomic E-state index is 0.238. The van der Waals surface area contributed by atoms with E-state index in [9.17, 15) is 0 Å². The highest BCUT2D eigenvalue weighted by molar-refractivity contribution is 5.56. The Morgan fingerprint density at radius 3 is 2.40 bits per heavy atom. The number of hydrogen-bond donors (Lipinski definition) is 1. The Bertz CT molecular complexity index is 100. The number of nitrogens with zero attached hydrogens (tertiary/aromatic N) is 1. The molecule has 0 rings (SSSR count). The molecule has 0 aliphatic heterocycles. The summed E-state index contributed by atoms with van der Waals surface area (Å²) >= 11 is 0. The number of hydrogen-bond acceptors (Lipinski definition) is 2. The van der Waals surface area contributed by atoms with Gasteiger partial charge in [-0.1, -0.05) is 0 Å². The molecular formula is C8H18N2. The predicted octanol–water partition coefficient (Wildman–Crippen LogP) is 1.47. The molecule has 0 spiro atoms. The second-order valence-electron chi connectivity index (χ2n) is 3.41. The summed E-state index contributed by atoms with van der Waals surface area (Å²) in [6.45, 7) is 7.50. The Hall–Kier alpha value is -0.370. The lowest BCUT2D eigenvalue weighted by Gasteiger charge is -2.19. The van der Waals surface area contributed by atoms with Crippen LogP contribution >= 0.6 is 0 Å². The summed E-state index contributed by atoms with van der Waals surface area (Å²) < 4.78 is 0. The maximum absolute atomic E-state index is 3.89. The van der Waals surface area contributed by atoms with Gasteiger partial charge in [-0.3, -0.25) is 0 Å². The van der Waals surface area contributed by atoms with Gasteiger partial charge in [0.25, 0.3) is 0 Å². The van der Waals surface area contributed by atoms with Crippen molar-refractivity contribution in [3.8, 4) is 0 Å². The van der Waals surface area contributed by atoms with Gasteiger partial charge < -0.3 is 10.3 Å². The number of aliphatic imine (C=N–C) groups is 1. The van der Waals surface area contributed by atoms with E-state index in [0.29, 0.717) is 0 Å². The van der Waals surface area contributed by atoms with Crippen LogP contribution in [0.4, 0.5) is 0 Å². The molecule has 2 nitrogen and oxygen atoms in total. The van der Waals surface area contributed by atoms with E-state index >= 15 is 0 Å². The Morgan fingerprint density at radius 2 is 2.00 bits per heavy atom. The summed E-state index contributed by atoms with van der Waals surface area (Å²) in [5.41, 5.74) is 0.238. The van der Waals surface area contributed by atoms with Crippen molar-refractivity contribution in [2.75, 3.05) is 13.6 Å². The van der Waals surface area contributed by atoms with Crippen molar-refractivity contribution in [3.05, 3.63) is 0 Å². The smallest absolute Gasteiger partial charge is 0.0273 e. The largest absolute Gasteiger partial charge is 0.312 e. The van der Waals surface area contributed by atoms with Crippen molar-refractivity contribution in [2.45, 2.75) is 32.7 Å². The van der Waals surface area contributed by atoms with Gasteiger partial charge in [0.05, 0.1) is 0 Å². The summed E-state index contributed by atoms with van der Waals surface area (Å²) in [7, 11) is 1.80. The molecule has 0 amide bonds. The third kappa shape index (κ3) is 7.63. The quantitative estimate of drug-likeness (QED) is 0.468. The first-order chi connectivity index (χ1) is 4.56. The Morgan fingerprint density at radius 1 is 1.40 bits per heavy atom. The van der Waals surface area contributed by atoms with Crippen LogP contribution in [0.25, 0.3) is 0 Å². The molecule has 0 aromatic rings. The van der Waals surface area contributed by atoms with Crippen molar-refractivity contribution in [1.29, 1.82) is 0 Å². The molecule has 1 N–H and O–H groups in total. The van der Waals surface area contributed by atoms with Crippen LogP contribution < -0.4 is 5.32 Å². The van der Waals surface area contributed by atoms with Crippen molar-refractivity contribution in [2.24, 2.45) is 4.99 Å². The van der Waals surface area contributed by atoms with E-state index < -0.39 is 0 Å². The van der Waals surface area contributed by atoms with Gasteiger partial charge in [-0.2, -0.15) is 0 Å². The predicted molar refractivity (Wildman–Crippen MR) is 46.8 cm³/mol. The molecule has 2 heteroatoms. The van der Waals surface area contributed by atoms with Crippen LogP contribution in [0.2, 0.25) is 0 Å². The standard InChI is InChI=1S/C8H18N2/c1-8(2,3)10-7-5-6-9-4/h6,10H,5,7H2,1-4H3. The maximum Gasteiger partial charge on any atom is 0.0273 e. The lowest BCUT2D eigenvalue weighted by atomic mass is 10.1. The molecule has 0 saturated carbocycles. The fourth-order valence-electron chi connectivity index (χ4n) is 0.641. The minimum absolute atomic E-state index is 0.238. The zero-order valence-corrected chi connectivity index (χ0v) is 7.44. The van der Waals surface area contributed by atoms with Crippen LogP contribution in [-0.4, -0.2) is 25.3 Å². The van der Waals surface area contributed by atoms with E-state index in [1.807, 2.05) is 6.21 Å². The molecule has 0 bridgehead atoms. The van der Waals surface area contributed by atoms with E-state index in [1.54, 1.807) is 7.05 Å². The van der Waals surface area contributed by atoms with E-state index in [4.69, 9.17) is 0 Å². The van der Waals surface area contributed by atoms with Crippen molar-refractivity contribution in [1.82, 2.24) is 5.32 Å². The highest BCUT2D eigenvalue weighted by atomic mass is 14.9. The molecule has 60 valence electrons. The Balaban J connectivity index is 3.20. The molecule has 0 saturated heterocycles. The van der Waals surface area contributed by atoms with Gasteiger partial charge >= 0.3 is 0 Å². The van der Waals surface area contributed by atoms with E-state index in [1.165, 1.54) is 0 Å². The lowest BCUT2D eigenvalue weighted by Crippen LogP contribution is -2.36. The first-order valence-corrected chi connectivity index (χ1v) is 3.72. The van der Waals surface area contributed by atoms with Gasteiger partial charge in [-0.15, -0.1) is 0 Å². The molecule has 0 unspecified atom stereocenters. The molecule has 0 aromatic carbocycles. The molecule has 10 heavy (non-hydrogen) atoms. The molecule has 0 heterocycles. The highest BCUT2D eigenvalue weighted by Gasteiger charge is 2.05. The summed E-state index contributed by atoms with van der Waals surface area (Å²) in [6, 6.07) is 0. The van der Waals surface area contributed by atoms with Gasteiger partial charge in [0, 0.05) is 19.1 Å². The summed E-state index contributed by atoms with van der Waals surface area (Å²) in [4.78, 5) is 3.89. The summed E-state index contributed by atoms with van der Waals surface area (Å²) in [5.74, 6) is 0. The molecule has 0 aromatic heterocycles. The average Bonchev–Trinajstić information content (AvgIpc) is 1.78. The second kappa shape index (κ2) is 4.45. The number of rotatable bonds is 3. The van der Waals surface area contributed by atoms with E-state index in [2.05, 4.69) is 31.1 Å². The van der Waals surface area contributed by atoms with Gasteiger partial charge in [-0.25, -0.2) is 0 Å². The molecule has 0 atom stereocenters. The third-order valence-corrected chi connectivity index (χ3v) is 1.11. The molecular weight excluding hydrogens is 124 g/mol. The van der Waals surface area contributed by atoms with Crippen LogP contribution in [0.15, 0.2) is 4.99 Å². The van der Waals surface area contributed by atoms with Gasteiger partial charge in [0.15, 0.2) is 0 Å². The van der Waals surface area contributed by atoms with Gasteiger partial charge in [0.1, 0.15) is 0 Å². The van der Waals surface area contributed by atoms with Crippen LogP contribution in [-0.2, 0) is 0 Å². The second-order valence-corrected chi connectivity index (χ2v) is 3.41. The monoisotopic (exact) mass is 142 g/mol. The van der Waals surface area contributed by atoms with Crippen LogP contribution in [0, 0.1) is 0 Å². The SMILES string of the molecule is CN=CCCNC(C)(C)C. The van der Waals surface area contributed by atoms with Gasteiger partial charge in [-0.05, 0) is 33.4 Å². The third-order valence-electron chi connectivity index (χ3n) is 1.11. The average molecular weight is 142 g/mol. The summed E-state index contributed by atoms with van der Waals surface area (Å²) in [5, 5.41) is 3.37. The fraction of sp³-hybridized carbons (Fsp3) is 0.875. The molecule has 0 fully saturated rings. The van der Waals surface area contributed by atoms with E-state index in [0.717, 1.165) is 13.0 Å². The highest BCUT2D eigenvalue weighted by Crippen LogP contribution is 1.96. The first kappa shape index (κ1) is 9.63. The van der Waals surface area contributed by atoms with Crippen molar-refractivity contribution < 1.29 is 0 Å². The molecule has 0 aliphatic carbocycles. The molecule has 0 radical (unpaired) electrons. The Kier molecular flexibility index (Phi) is 4.28. The zero-order valence-electron chi connectivity index (χ0n) is 7.44. The normalized spacial score (nSPS) is 12.8. The van der Waals surface area contributed by atoms with Crippen molar-refractivity contribution in [3.63, 3.8) is 0 Å².